The number of sulfonamides is 1. The number of nitrogens with zero attached hydrogens (tertiary/aromatic N) is 3. The Morgan fingerprint density at radius 1 is 1.19 bits per heavy atom. The fraction of sp³-hybridized carbons (Fsp3) is 0.188. The number of non-ortho nitro benzene ring substituents is 1. The third-order valence-electron chi connectivity index (χ3n) is 3.63. The molecule has 1 heterocycles. The summed E-state index contributed by atoms with van der Waals surface area (Å²) in [6.07, 6.45) is 0. The van der Waals surface area contributed by atoms with Crippen LogP contribution in [0, 0.1) is 10.1 Å². The molecule has 2 aromatic carbocycles. The quantitative estimate of drug-likeness (QED) is 0.359. The Hall–Kier alpha value is -2.43. The molecule has 0 unspecified atom stereocenters. The highest BCUT2D eigenvalue weighted by Gasteiger charge is 2.19. The zero-order chi connectivity index (χ0) is 18.9. The van der Waals surface area contributed by atoms with Crippen molar-refractivity contribution in [3.8, 4) is 0 Å². The van der Waals surface area contributed by atoms with Crippen LogP contribution in [0.2, 0.25) is 0 Å². The number of nitro benzene ring substituents is 1. The fourth-order valence-corrected chi connectivity index (χ4v) is 3.89. The van der Waals surface area contributed by atoms with Crippen molar-refractivity contribution in [2.45, 2.75) is 15.9 Å². The summed E-state index contributed by atoms with van der Waals surface area (Å²) in [7, 11) is -0.604. The van der Waals surface area contributed by atoms with E-state index < -0.39 is 14.9 Å². The number of oxazole rings is 1. The van der Waals surface area contributed by atoms with Crippen molar-refractivity contribution < 1.29 is 17.8 Å². The summed E-state index contributed by atoms with van der Waals surface area (Å²) in [6.45, 7) is 0. The minimum atomic E-state index is -3.54. The van der Waals surface area contributed by atoms with Crippen LogP contribution in [0.3, 0.4) is 0 Å². The van der Waals surface area contributed by atoms with Gasteiger partial charge in [-0.3, -0.25) is 10.1 Å². The first kappa shape index (κ1) is 18.4. The van der Waals surface area contributed by atoms with Crippen LogP contribution in [-0.2, 0) is 15.8 Å². The van der Waals surface area contributed by atoms with Gasteiger partial charge in [0.2, 0.25) is 10.0 Å². The second-order valence-electron chi connectivity index (χ2n) is 5.61. The molecule has 0 atom stereocenters. The lowest BCUT2D eigenvalue weighted by Gasteiger charge is -2.10. The van der Waals surface area contributed by atoms with E-state index >= 15 is 0 Å². The Kier molecular flexibility index (Phi) is 4.99. The van der Waals surface area contributed by atoms with Crippen LogP contribution in [0.15, 0.2) is 57.0 Å². The van der Waals surface area contributed by atoms with Crippen molar-refractivity contribution in [2.75, 3.05) is 14.1 Å². The average molecular weight is 393 g/mol. The highest BCUT2D eigenvalue weighted by atomic mass is 32.2. The van der Waals surface area contributed by atoms with Crippen molar-refractivity contribution in [3.63, 3.8) is 0 Å². The number of benzene rings is 2. The largest absolute Gasteiger partial charge is 0.431 e. The van der Waals surface area contributed by atoms with E-state index in [0.29, 0.717) is 22.1 Å². The zero-order valence-electron chi connectivity index (χ0n) is 13.9. The second-order valence-corrected chi connectivity index (χ2v) is 8.69. The van der Waals surface area contributed by atoms with Crippen molar-refractivity contribution in [1.82, 2.24) is 9.29 Å². The molecule has 26 heavy (non-hydrogen) atoms. The number of rotatable bonds is 6. The number of hydrogen-bond acceptors (Lipinski definition) is 7. The van der Waals surface area contributed by atoms with Crippen molar-refractivity contribution >= 4 is 38.6 Å². The molecule has 136 valence electrons. The van der Waals surface area contributed by atoms with Gasteiger partial charge in [0.05, 0.1) is 9.82 Å². The van der Waals surface area contributed by atoms with E-state index in [1.54, 1.807) is 18.2 Å². The predicted octanol–water partition coefficient (Wildman–Crippen LogP) is 3.28. The van der Waals surface area contributed by atoms with Gasteiger partial charge in [0, 0.05) is 32.0 Å². The van der Waals surface area contributed by atoms with E-state index in [0.717, 1.165) is 9.87 Å². The molecular formula is C16H15N3O5S2. The van der Waals surface area contributed by atoms with Gasteiger partial charge in [0.15, 0.2) is 5.58 Å². The number of hydrogen-bond donors (Lipinski definition) is 0. The van der Waals surface area contributed by atoms with Gasteiger partial charge in [-0.25, -0.2) is 17.7 Å². The van der Waals surface area contributed by atoms with Crippen LogP contribution < -0.4 is 0 Å². The van der Waals surface area contributed by atoms with Crippen LogP contribution in [0.5, 0.6) is 0 Å². The summed E-state index contributed by atoms with van der Waals surface area (Å²) in [6, 6.07) is 10.8. The maximum absolute atomic E-state index is 12.2. The Bertz CT molecular complexity index is 1060. The Labute approximate surface area is 154 Å². The summed E-state index contributed by atoms with van der Waals surface area (Å²) in [4.78, 5) is 14.7. The fourth-order valence-electron chi connectivity index (χ4n) is 2.18. The molecule has 3 rings (SSSR count). The number of thioether (sulfide) groups is 1. The molecule has 0 N–H and O–H groups in total. The van der Waals surface area contributed by atoms with Crippen LogP contribution >= 0.6 is 11.8 Å². The van der Waals surface area contributed by atoms with E-state index in [4.69, 9.17) is 4.42 Å². The smallest absolute Gasteiger partial charge is 0.269 e. The lowest BCUT2D eigenvalue weighted by molar-refractivity contribution is -0.384. The van der Waals surface area contributed by atoms with Crippen LogP contribution in [-0.4, -0.2) is 36.7 Å². The molecule has 10 heteroatoms. The molecule has 0 saturated heterocycles. The van der Waals surface area contributed by atoms with Gasteiger partial charge in [-0.15, -0.1) is 0 Å². The maximum Gasteiger partial charge on any atom is 0.269 e. The zero-order valence-corrected chi connectivity index (χ0v) is 15.6. The Balaban J connectivity index is 1.78. The topological polar surface area (TPSA) is 107 Å². The molecule has 0 aliphatic rings. The highest BCUT2D eigenvalue weighted by molar-refractivity contribution is 7.98. The molecule has 0 saturated carbocycles. The lowest BCUT2D eigenvalue weighted by Crippen LogP contribution is -2.22. The number of nitro groups is 1. The summed E-state index contributed by atoms with van der Waals surface area (Å²) in [5, 5.41) is 11.1. The SMILES string of the molecule is CN(C)S(=O)(=O)c1ccc2oc(SCc3ccc([N+](=O)[O-])cc3)nc2c1. The van der Waals surface area contributed by atoms with Gasteiger partial charge < -0.3 is 4.42 Å². The van der Waals surface area contributed by atoms with Gasteiger partial charge >= 0.3 is 0 Å². The second kappa shape index (κ2) is 7.06. The van der Waals surface area contributed by atoms with Crippen LogP contribution in [0.25, 0.3) is 11.1 Å². The molecule has 0 aliphatic carbocycles. The van der Waals surface area contributed by atoms with Gasteiger partial charge in [0.1, 0.15) is 5.52 Å². The summed E-state index contributed by atoms with van der Waals surface area (Å²) in [5.74, 6) is 0.521. The summed E-state index contributed by atoms with van der Waals surface area (Å²) >= 11 is 1.33. The van der Waals surface area contributed by atoms with E-state index in [9.17, 15) is 18.5 Å². The van der Waals surface area contributed by atoms with Gasteiger partial charge in [0.25, 0.3) is 10.9 Å². The van der Waals surface area contributed by atoms with Crippen LogP contribution in [0.1, 0.15) is 5.56 Å². The third-order valence-corrected chi connectivity index (χ3v) is 6.34. The normalized spacial score (nSPS) is 12.0. The number of fused-ring (bicyclic) bond motifs is 1. The predicted molar refractivity (Wildman–Crippen MR) is 97.5 cm³/mol. The van der Waals surface area contributed by atoms with E-state index in [2.05, 4.69) is 4.98 Å². The minimum absolute atomic E-state index is 0.0373. The summed E-state index contributed by atoms with van der Waals surface area (Å²) in [5.41, 5.74) is 1.88. The van der Waals surface area contributed by atoms with E-state index in [-0.39, 0.29) is 10.6 Å². The van der Waals surface area contributed by atoms with E-state index in [1.165, 1.54) is 50.1 Å². The Morgan fingerprint density at radius 2 is 1.88 bits per heavy atom. The first-order valence-electron chi connectivity index (χ1n) is 7.46. The van der Waals surface area contributed by atoms with Crippen molar-refractivity contribution in [2.24, 2.45) is 0 Å². The monoisotopic (exact) mass is 393 g/mol. The molecule has 0 fully saturated rings. The molecular weight excluding hydrogens is 378 g/mol. The molecule has 0 spiro atoms. The molecule has 3 aromatic rings. The third kappa shape index (κ3) is 3.71. The average Bonchev–Trinajstić information content (AvgIpc) is 3.02. The molecule has 8 nitrogen and oxygen atoms in total. The van der Waals surface area contributed by atoms with Gasteiger partial charge in [-0.1, -0.05) is 23.9 Å². The lowest BCUT2D eigenvalue weighted by atomic mass is 10.2. The van der Waals surface area contributed by atoms with Gasteiger partial charge in [-0.2, -0.15) is 0 Å². The molecule has 0 amide bonds. The molecule has 0 aliphatic heterocycles. The van der Waals surface area contributed by atoms with Crippen LogP contribution in [0.4, 0.5) is 5.69 Å². The van der Waals surface area contributed by atoms with Gasteiger partial charge in [-0.05, 0) is 23.8 Å². The molecule has 1 aromatic heterocycles. The van der Waals surface area contributed by atoms with Crippen molar-refractivity contribution in [3.05, 3.63) is 58.1 Å². The first-order valence-corrected chi connectivity index (χ1v) is 9.89. The highest BCUT2D eigenvalue weighted by Crippen LogP contribution is 2.28. The minimum Gasteiger partial charge on any atom is -0.431 e. The van der Waals surface area contributed by atoms with Crippen molar-refractivity contribution in [1.29, 1.82) is 0 Å². The standard InChI is InChI=1S/C16H15N3O5S2/c1-18(2)26(22,23)13-7-8-15-14(9-13)17-16(24-15)25-10-11-3-5-12(6-4-11)19(20)21/h3-9H,10H2,1-2H3. The first-order chi connectivity index (χ1) is 12.3. The molecule has 0 bridgehead atoms. The maximum atomic E-state index is 12.2. The van der Waals surface area contributed by atoms with E-state index in [1.807, 2.05) is 0 Å². The Morgan fingerprint density at radius 3 is 2.50 bits per heavy atom. The summed E-state index contributed by atoms with van der Waals surface area (Å²) < 4.78 is 31.1. The number of aromatic nitrogens is 1. The molecule has 0 radical (unpaired) electrons.